The molecule has 6 aromatic carbocycles. The molecule has 1 unspecified atom stereocenters. The van der Waals surface area contributed by atoms with Crippen molar-refractivity contribution in [2.75, 3.05) is 0 Å². The van der Waals surface area contributed by atoms with Crippen molar-refractivity contribution < 1.29 is 8.97 Å². The molecule has 10 rings (SSSR count). The van der Waals surface area contributed by atoms with Gasteiger partial charge >= 0.3 is 8.24 Å². The number of benzene rings is 6. The molecule has 0 fully saturated rings. The van der Waals surface area contributed by atoms with E-state index in [1.807, 2.05) is 0 Å². The summed E-state index contributed by atoms with van der Waals surface area (Å²) in [5.41, 5.74) is 6.38. The van der Waals surface area contributed by atoms with Gasteiger partial charge in [-0.1, -0.05) is 148 Å². The standard InChI is InChI=1S/C46H36N4OSi/c1-46(2,3)32-29-43(50-37-23-12-10-21-35(37)36-22-11-13-24-38(36)50)47-44(30-32)52(34-19-8-5-9-20-34)42-28-15-14-26-40(42)51-41-27-16-25-39-45(41)49(52)31-48(39)33-17-6-4-7-18-33/h4-30H,1-3H3. The Balaban J connectivity index is 1.41. The lowest BCUT2D eigenvalue weighted by atomic mass is 9.88. The van der Waals surface area contributed by atoms with Gasteiger partial charge in [0.2, 0.25) is 6.33 Å². The fourth-order valence-electron chi connectivity index (χ4n) is 8.09. The number of fused-ring (bicyclic) bond motifs is 4. The summed E-state index contributed by atoms with van der Waals surface area (Å²) in [5.74, 6) is 2.55. The minimum Gasteiger partial charge on any atom is -0.464 e. The largest absolute Gasteiger partial charge is 0.464 e. The van der Waals surface area contributed by atoms with Gasteiger partial charge in [-0.2, -0.15) is 0 Å². The Kier molecular flexibility index (Phi) is 6.69. The summed E-state index contributed by atoms with van der Waals surface area (Å²) in [7, 11) is -3.37. The molecular formula is C46H36N4OSi. The Hall–Kier alpha value is -6.24. The van der Waals surface area contributed by atoms with Gasteiger partial charge in [0.25, 0.3) is 0 Å². The Bertz CT molecular complexity index is 2760. The number of ether oxygens (including phenoxy) is 1. The van der Waals surface area contributed by atoms with E-state index in [4.69, 9.17) is 9.72 Å². The van der Waals surface area contributed by atoms with Crippen LogP contribution in [0, 0.1) is 6.33 Å². The van der Waals surface area contributed by atoms with Crippen LogP contribution >= 0.6 is 0 Å². The van der Waals surface area contributed by atoms with Gasteiger partial charge in [-0.25, -0.2) is 4.98 Å². The summed E-state index contributed by atoms with van der Waals surface area (Å²) < 4.78 is 13.9. The number of nitrogens with zero attached hydrogens (tertiary/aromatic N) is 4. The molecule has 3 aromatic heterocycles. The molecule has 0 aliphatic carbocycles. The van der Waals surface area contributed by atoms with E-state index in [0.717, 1.165) is 55.6 Å². The van der Waals surface area contributed by atoms with Crippen molar-refractivity contribution in [3.8, 4) is 23.0 Å². The number of aromatic nitrogens is 4. The molecule has 4 heterocycles. The van der Waals surface area contributed by atoms with Gasteiger partial charge in [0.15, 0.2) is 0 Å². The van der Waals surface area contributed by atoms with Crippen molar-refractivity contribution in [2.24, 2.45) is 0 Å². The van der Waals surface area contributed by atoms with Crippen LogP contribution in [0.25, 0.3) is 44.3 Å². The molecule has 9 aromatic rings. The summed E-state index contributed by atoms with van der Waals surface area (Å²) in [5, 5.41) is 5.76. The molecule has 250 valence electrons. The highest BCUT2D eigenvalue weighted by Gasteiger charge is 2.53. The predicted molar refractivity (Wildman–Crippen MR) is 213 cm³/mol. The summed E-state index contributed by atoms with van der Waals surface area (Å²) in [6, 6.07) is 58.3. The van der Waals surface area contributed by atoms with E-state index >= 15 is 0 Å². The second-order valence-electron chi connectivity index (χ2n) is 14.6. The monoisotopic (exact) mass is 688 g/mol. The average molecular weight is 689 g/mol. The minimum absolute atomic E-state index is 0.171. The highest BCUT2D eigenvalue weighted by Crippen LogP contribution is 2.35. The van der Waals surface area contributed by atoms with Crippen LogP contribution in [0.3, 0.4) is 0 Å². The number of hydrogen-bond donors (Lipinski definition) is 0. The highest BCUT2D eigenvalue weighted by molar-refractivity contribution is 7.05. The molecule has 1 aliphatic rings. The summed E-state index contributed by atoms with van der Waals surface area (Å²) in [6.45, 7) is 6.88. The molecule has 0 bridgehead atoms. The lowest BCUT2D eigenvalue weighted by Crippen LogP contribution is -2.85. The molecule has 0 N–H and O–H groups in total. The van der Waals surface area contributed by atoms with E-state index in [-0.39, 0.29) is 5.41 Å². The number of rotatable bonds is 4. The topological polar surface area (TPSA) is 35.9 Å². The minimum atomic E-state index is -3.37. The fraction of sp³-hybridized carbons (Fsp3) is 0.0870. The normalized spacial score (nSPS) is 15.4. The van der Waals surface area contributed by atoms with Crippen LogP contribution in [0.1, 0.15) is 26.3 Å². The smallest absolute Gasteiger partial charge is 0.367 e. The van der Waals surface area contributed by atoms with Crippen LogP contribution in [0.2, 0.25) is 0 Å². The van der Waals surface area contributed by atoms with E-state index < -0.39 is 8.24 Å². The van der Waals surface area contributed by atoms with Crippen molar-refractivity contribution >= 4 is 56.8 Å². The molecular weight excluding hydrogens is 653 g/mol. The van der Waals surface area contributed by atoms with Gasteiger partial charge in [-0.05, 0) is 52.6 Å². The Morgan fingerprint density at radius 1 is 0.615 bits per heavy atom. The lowest BCUT2D eigenvalue weighted by Gasteiger charge is -2.32. The SMILES string of the molecule is CC(C)(C)c1cc(-n2c3ccccc3c3ccccc32)nc([Si]2(c3ccccc3)c3ccccc3Oc3cccc4c3[n+]2[c-]n4-c2ccccc2)c1. The molecule has 0 amide bonds. The van der Waals surface area contributed by atoms with Crippen LogP contribution in [-0.2, 0) is 5.41 Å². The van der Waals surface area contributed by atoms with Gasteiger partial charge in [0, 0.05) is 16.0 Å². The van der Waals surface area contributed by atoms with Crippen molar-refractivity contribution in [1.82, 2.24) is 14.1 Å². The van der Waals surface area contributed by atoms with Crippen LogP contribution in [0.15, 0.2) is 164 Å². The third-order valence-electron chi connectivity index (χ3n) is 10.5. The molecule has 0 saturated heterocycles. The van der Waals surface area contributed by atoms with Gasteiger partial charge < -0.3 is 13.5 Å². The van der Waals surface area contributed by atoms with E-state index in [9.17, 15) is 0 Å². The van der Waals surface area contributed by atoms with Crippen molar-refractivity contribution in [2.45, 2.75) is 26.2 Å². The molecule has 0 spiro atoms. The van der Waals surface area contributed by atoms with Crippen molar-refractivity contribution in [1.29, 1.82) is 0 Å². The van der Waals surface area contributed by atoms with Crippen LogP contribution in [0.5, 0.6) is 11.5 Å². The third kappa shape index (κ3) is 4.41. The maximum absolute atomic E-state index is 6.98. The second-order valence-corrected chi connectivity index (χ2v) is 18.1. The van der Waals surface area contributed by atoms with Crippen molar-refractivity contribution in [3.63, 3.8) is 0 Å². The maximum atomic E-state index is 6.98. The molecule has 1 atom stereocenters. The molecule has 0 radical (unpaired) electrons. The van der Waals surface area contributed by atoms with Crippen LogP contribution in [-0.4, -0.2) is 22.4 Å². The van der Waals surface area contributed by atoms with Crippen LogP contribution < -0.4 is 24.7 Å². The Labute approximate surface area is 303 Å². The zero-order chi connectivity index (χ0) is 35.0. The maximum Gasteiger partial charge on any atom is 0.367 e. The first kappa shape index (κ1) is 30.6. The Morgan fingerprint density at radius 3 is 1.92 bits per heavy atom. The molecule has 6 heteroatoms. The third-order valence-corrected chi connectivity index (χ3v) is 14.9. The van der Waals surface area contributed by atoms with E-state index in [1.165, 1.54) is 21.5 Å². The summed E-state index contributed by atoms with van der Waals surface area (Å²) in [4.78, 5) is 5.86. The average Bonchev–Trinajstić information content (AvgIpc) is 3.70. The second kappa shape index (κ2) is 11.4. The number of hydrogen-bond acceptors (Lipinski definition) is 2. The molecule has 1 aliphatic heterocycles. The highest BCUT2D eigenvalue weighted by atomic mass is 28.3. The lowest BCUT2D eigenvalue weighted by molar-refractivity contribution is -0.515. The Morgan fingerprint density at radius 2 is 1.21 bits per heavy atom. The first-order valence-electron chi connectivity index (χ1n) is 17.8. The van der Waals surface area contributed by atoms with Crippen molar-refractivity contribution in [3.05, 3.63) is 176 Å². The van der Waals surface area contributed by atoms with Gasteiger partial charge in [0.1, 0.15) is 17.3 Å². The summed E-state index contributed by atoms with van der Waals surface area (Å²) in [6.07, 6.45) is 3.96. The zero-order valence-corrected chi connectivity index (χ0v) is 30.3. The molecule has 0 saturated carbocycles. The quantitative estimate of drug-likeness (QED) is 0.138. The molecule has 52 heavy (non-hydrogen) atoms. The fourth-order valence-corrected chi connectivity index (χ4v) is 12.7. The van der Waals surface area contributed by atoms with Gasteiger partial charge in [-0.15, -0.1) is 0 Å². The van der Waals surface area contributed by atoms with Crippen LogP contribution in [0.4, 0.5) is 0 Å². The number of pyridine rings is 1. The van der Waals surface area contributed by atoms with Gasteiger partial charge in [0.05, 0.1) is 33.1 Å². The van der Waals surface area contributed by atoms with E-state index in [0.29, 0.717) is 0 Å². The van der Waals surface area contributed by atoms with Gasteiger partial charge in [-0.3, -0.25) is 4.57 Å². The molecule has 5 nitrogen and oxygen atoms in total. The summed E-state index contributed by atoms with van der Waals surface area (Å²) >= 11 is 0. The van der Waals surface area contributed by atoms with E-state index in [2.05, 4.69) is 204 Å². The predicted octanol–water partition coefficient (Wildman–Crippen LogP) is 8.13. The van der Waals surface area contributed by atoms with E-state index in [1.54, 1.807) is 0 Å². The first-order chi connectivity index (χ1) is 25.4. The zero-order valence-electron chi connectivity index (χ0n) is 29.3. The number of para-hydroxylation sites is 5. The first-order valence-corrected chi connectivity index (χ1v) is 19.8. The number of imidazole rings is 1.